The highest BCUT2D eigenvalue weighted by Crippen LogP contribution is 2.21. The van der Waals surface area contributed by atoms with Crippen molar-refractivity contribution in [2.75, 3.05) is 11.9 Å². The van der Waals surface area contributed by atoms with E-state index in [0.717, 1.165) is 4.47 Å². The molecule has 0 aliphatic heterocycles. The molecule has 0 unspecified atom stereocenters. The molecule has 0 aromatic heterocycles. The first-order valence-electron chi connectivity index (χ1n) is 5.65. The number of nitrogens with zero attached hydrogens (tertiary/aromatic N) is 1. The molecule has 4 N–H and O–H groups in total. The monoisotopic (exact) mass is 329 g/mol. The van der Waals surface area contributed by atoms with Crippen molar-refractivity contribution in [1.82, 2.24) is 0 Å². The zero-order chi connectivity index (χ0) is 14.4. The van der Waals surface area contributed by atoms with Crippen molar-refractivity contribution in [2.45, 2.75) is 13.8 Å². The fourth-order valence-corrected chi connectivity index (χ4v) is 1.65. The van der Waals surface area contributed by atoms with E-state index in [1.165, 1.54) is 0 Å². The van der Waals surface area contributed by atoms with Crippen molar-refractivity contribution in [1.29, 1.82) is 0 Å². The Kier molecular flexibility index (Phi) is 5.62. The number of anilines is 1. The number of halogens is 1. The predicted molar refractivity (Wildman–Crippen MR) is 76.5 cm³/mol. The Morgan fingerprint density at radius 3 is 2.84 bits per heavy atom. The number of rotatable bonds is 4. The molecule has 19 heavy (non-hydrogen) atoms. The first kappa shape index (κ1) is 15.3. The second-order valence-corrected chi connectivity index (χ2v) is 5.21. The zero-order valence-corrected chi connectivity index (χ0v) is 12.3. The Labute approximate surface area is 119 Å². The number of oxime groups is 1. The third-order valence-electron chi connectivity index (χ3n) is 2.15. The van der Waals surface area contributed by atoms with Gasteiger partial charge in [-0.25, -0.2) is 4.79 Å². The van der Waals surface area contributed by atoms with E-state index in [2.05, 4.69) is 26.4 Å². The molecule has 0 aliphatic carbocycles. The lowest BCUT2D eigenvalue weighted by molar-refractivity contribution is 0.147. The minimum Gasteiger partial charge on any atom is -0.449 e. The van der Waals surface area contributed by atoms with Gasteiger partial charge in [0.25, 0.3) is 0 Å². The van der Waals surface area contributed by atoms with E-state index in [1.54, 1.807) is 18.2 Å². The van der Waals surface area contributed by atoms with Gasteiger partial charge in [-0.3, -0.25) is 5.32 Å². The number of carbonyl (C=O) groups is 1. The van der Waals surface area contributed by atoms with Gasteiger partial charge in [0.15, 0.2) is 5.84 Å². The summed E-state index contributed by atoms with van der Waals surface area (Å²) in [7, 11) is 0. The minimum absolute atomic E-state index is 0.0911. The van der Waals surface area contributed by atoms with Crippen LogP contribution in [0.2, 0.25) is 0 Å². The SMILES string of the molecule is CC(C)COC(=O)Nc1cc(Br)ccc1/C(N)=N/O. The van der Waals surface area contributed by atoms with Crippen LogP contribution in [0.1, 0.15) is 19.4 Å². The number of carbonyl (C=O) groups excluding carboxylic acids is 1. The average Bonchev–Trinajstić information content (AvgIpc) is 2.35. The van der Waals surface area contributed by atoms with E-state index in [4.69, 9.17) is 15.7 Å². The molecule has 0 spiro atoms. The first-order valence-corrected chi connectivity index (χ1v) is 6.44. The fourth-order valence-electron chi connectivity index (χ4n) is 1.29. The lowest BCUT2D eigenvalue weighted by Crippen LogP contribution is -2.21. The smallest absolute Gasteiger partial charge is 0.411 e. The number of nitrogens with two attached hydrogens (primary N) is 1. The Morgan fingerprint density at radius 1 is 1.58 bits per heavy atom. The van der Waals surface area contributed by atoms with E-state index in [-0.39, 0.29) is 11.8 Å². The molecule has 0 atom stereocenters. The first-order chi connectivity index (χ1) is 8.93. The lowest BCUT2D eigenvalue weighted by Gasteiger charge is -2.12. The standard InChI is InChI=1S/C12H16BrN3O3/c1-7(2)6-19-12(17)15-10-5-8(13)3-4-9(10)11(14)16-18/h3-5,7,18H,6H2,1-2H3,(H2,14,16)(H,15,17). The number of hydrogen-bond acceptors (Lipinski definition) is 4. The van der Waals surface area contributed by atoms with Crippen LogP contribution in [0.3, 0.4) is 0 Å². The Hall–Kier alpha value is -1.76. The molecule has 0 heterocycles. The molecule has 1 aromatic carbocycles. The summed E-state index contributed by atoms with van der Waals surface area (Å²) in [6.45, 7) is 4.20. The highest BCUT2D eigenvalue weighted by Gasteiger charge is 2.12. The summed E-state index contributed by atoms with van der Waals surface area (Å²) in [4.78, 5) is 11.6. The minimum atomic E-state index is -0.584. The quantitative estimate of drug-likeness (QED) is 0.342. The molecule has 6 nitrogen and oxygen atoms in total. The molecule has 1 aromatic rings. The van der Waals surface area contributed by atoms with Crippen LogP contribution in [0.15, 0.2) is 27.8 Å². The van der Waals surface area contributed by atoms with E-state index in [0.29, 0.717) is 17.9 Å². The molecule has 7 heteroatoms. The van der Waals surface area contributed by atoms with Crippen molar-refractivity contribution < 1.29 is 14.7 Å². The topological polar surface area (TPSA) is 96.9 Å². The average molecular weight is 330 g/mol. The fraction of sp³-hybridized carbons (Fsp3) is 0.333. The Balaban J connectivity index is 2.87. The van der Waals surface area contributed by atoms with E-state index in [9.17, 15) is 4.79 Å². The molecule has 0 radical (unpaired) electrons. The zero-order valence-electron chi connectivity index (χ0n) is 10.7. The van der Waals surface area contributed by atoms with Gasteiger partial charge in [-0.2, -0.15) is 0 Å². The van der Waals surface area contributed by atoms with E-state index in [1.807, 2.05) is 13.8 Å². The molecule has 104 valence electrons. The third-order valence-corrected chi connectivity index (χ3v) is 2.64. The van der Waals surface area contributed by atoms with Crippen LogP contribution >= 0.6 is 15.9 Å². The van der Waals surface area contributed by atoms with Crippen LogP contribution in [-0.2, 0) is 4.74 Å². The number of hydrogen-bond donors (Lipinski definition) is 3. The van der Waals surface area contributed by atoms with Crippen LogP contribution in [0.4, 0.5) is 10.5 Å². The molecule has 1 rings (SSSR count). The molecule has 0 saturated carbocycles. The van der Waals surface area contributed by atoms with Crippen LogP contribution < -0.4 is 11.1 Å². The van der Waals surface area contributed by atoms with Gasteiger partial charge in [0.05, 0.1) is 12.3 Å². The van der Waals surface area contributed by atoms with Gasteiger partial charge in [-0.05, 0) is 24.1 Å². The molecular weight excluding hydrogens is 314 g/mol. The normalized spacial score (nSPS) is 11.5. The van der Waals surface area contributed by atoms with Crippen LogP contribution in [0, 0.1) is 5.92 Å². The van der Waals surface area contributed by atoms with Crippen molar-refractivity contribution in [3.05, 3.63) is 28.2 Å². The van der Waals surface area contributed by atoms with Crippen molar-refractivity contribution in [3.63, 3.8) is 0 Å². The molecular formula is C12H16BrN3O3. The molecule has 0 fully saturated rings. The van der Waals surface area contributed by atoms with Crippen LogP contribution in [0.5, 0.6) is 0 Å². The lowest BCUT2D eigenvalue weighted by atomic mass is 10.1. The number of amidine groups is 1. The number of amides is 1. The van der Waals surface area contributed by atoms with Crippen molar-refractivity contribution in [3.8, 4) is 0 Å². The van der Waals surface area contributed by atoms with Gasteiger partial charge in [0, 0.05) is 10.0 Å². The highest BCUT2D eigenvalue weighted by atomic mass is 79.9. The van der Waals surface area contributed by atoms with E-state index >= 15 is 0 Å². The maximum atomic E-state index is 11.6. The molecule has 1 amide bonds. The maximum absolute atomic E-state index is 11.6. The van der Waals surface area contributed by atoms with Crippen molar-refractivity contribution >= 4 is 33.5 Å². The molecule has 0 aliphatic rings. The third kappa shape index (κ3) is 4.78. The van der Waals surface area contributed by atoms with Gasteiger partial charge in [0.1, 0.15) is 0 Å². The van der Waals surface area contributed by atoms with Gasteiger partial charge in [-0.1, -0.05) is 34.9 Å². The second-order valence-electron chi connectivity index (χ2n) is 4.29. The Morgan fingerprint density at radius 2 is 2.26 bits per heavy atom. The van der Waals surface area contributed by atoms with Gasteiger partial charge in [-0.15, -0.1) is 0 Å². The molecule has 0 saturated heterocycles. The highest BCUT2D eigenvalue weighted by molar-refractivity contribution is 9.10. The van der Waals surface area contributed by atoms with Gasteiger partial charge < -0.3 is 15.7 Å². The summed E-state index contributed by atoms with van der Waals surface area (Å²) >= 11 is 3.28. The Bertz CT molecular complexity index is 489. The number of benzene rings is 1. The predicted octanol–water partition coefficient (Wildman–Crippen LogP) is 2.75. The summed E-state index contributed by atoms with van der Waals surface area (Å²) in [5.41, 5.74) is 6.35. The number of ether oxygens (including phenoxy) is 1. The maximum Gasteiger partial charge on any atom is 0.411 e. The summed E-state index contributed by atoms with van der Waals surface area (Å²) in [5, 5.41) is 14.2. The summed E-state index contributed by atoms with van der Waals surface area (Å²) in [6.07, 6.45) is -0.584. The van der Waals surface area contributed by atoms with E-state index < -0.39 is 6.09 Å². The number of nitrogens with one attached hydrogen (secondary N) is 1. The van der Waals surface area contributed by atoms with Crippen molar-refractivity contribution in [2.24, 2.45) is 16.8 Å². The largest absolute Gasteiger partial charge is 0.449 e. The summed E-state index contributed by atoms with van der Waals surface area (Å²) in [6, 6.07) is 4.99. The summed E-state index contributed by atoms with van der Waals surface area (Å²) < 4.78 is 5.76. The molecule has 0 bridgehead atoms. The summed E-state index contributed by atoms with van der Waals surface area (Å²) in [5.74, 6) is 0.156. The van der Waals surface area contributed by atoms with Gasteiger partial charge >= 0.3 is 6.09 Å². The van der Waals surface area contributed by atoms with Gasteiger partial charge in [0.2, 0.25) is 0 Å². The van der Waals surface area contributed by atoms with Crippen LogP contribution in [0.25, 0.3) is 0 Å². The van der Waals surface area contributed by atoms with Crippen LogP contribution in [-0.4, -0.2) is 23.7 Å². The second kappa shape index (κ2) is 6.98.